The normalized spacial score (nSPS) is 11.0. The van der Waals surface area contributed by atoms with E-state index in [2.05, 4.69) is 36.5 Å². The first-order chi connectivity index (χ1) is 18.0. The van der Waals surface area contributed by atoms with Gasteiger partial charge < -0.3 is 14.8 Å². The van der Waals surface area contributed by atoms with Gasteiger partial charge in [0.1, 0.15) is 11.2 Å². The maximum atomic E-state index is 14.3. The first kappa shape index (κ1) is 25.7. The standard InChI is InChI=1S/C32H31NO4/c1-3-36-30(34)23-37-29-20-18-28(19-21-29)33-31(35)32(26-10-6-4-7-11-26,27-12-8-5-9-13-27)22-25-16-14-24(2)15-17-25/h4-21H,3,22-23H2,1-2H3,(H,33,35). The molecule has 0 aliphatic rings. The van der Waals surface area contributed by atoms with Crippen LogP contribution in [0.1, 0.15) is 29.2 Å². The van der Waals surface area contributed by atoms with Crippen molar-refractivity contribution < 1.29 is 19.1 Å². The third-order valence-corrected chi connectivity index (χ3v) is 6.28. The molecule has 4 aromatic carbocycles. The molecular formula is C32H31NO4. The second-order valence-corrected chi connectivity index (χ2v) is 8.87. The summed E-state index contributed by atoms with van der Waals surface area (Å²) in [6, 6.07) is 35.1. The molecule has 0 unspecified atom stereocenters. The largest absolute Gasteiger partial charge is 0.482 e. The Hall–Kier alpha value is -4.38. The maximum Gasteiger partial charge on any atom is 0.344 e. The van der Waals surface area contributed by atoms with Crippen LogP contribution in [0.2, 0.25) is 0 Å². The lowest BCUT2D eigenvalue weighted by Crippen LogP contribution is -2.43. The third-order valence-electron chi connectivity index (χ3n) is 6.28. The van der Waals surface area contributed by atoms with Crippen molar-refractivity contribution in [1.82, 2.24) is 0 Å². The second-order valence-electron chi connectivity index (χ2n) is 8.87. The molecule has 0 radical (unpaired) electrons. The van der Waals surface area contributed by atoms with Crippen molar-refractivity contribution in [3.05, 3.63) is 131 Å². The quantitative estimate of drug-likeness (QED) is 0.271. The molecule has 0 aromatic heterocycles. The van der Waals surface area contributed by atoms with E-state index in [4.69, 9.17) is 9.47 Å². The number of amides is 1. The Bertz CT molecular complexity index is 1260. The van der Waals surface area contributed by atoms with Gasteiger partial charge in [-0.1, -0.05) is 90.5 Å². The number of hydrogen-bond acceptors (Lipinski definition) is 4. The molecule has 5 heteroatoms. The van der Waals surface area contributed by atoms with E-state index in [1.54, 1.807) is 31.2 Å². The molecule has 37 heavy (non-hydrogen) atoms. The van der Waals surface area contributed by atoms with Crippen LogP contribution >= 0.6 is 0 Å². The van der Waals surface area contributed by atoms with Crippen molar-refractivity contribution in [3.8, 4) is 5.75 Å². The minimum atomic E-state index is -0.961. The zero-order chi connectivity index (χ0) is 26.1. The minimum absolute atomic E-state index is 0.134. The fourth-order valence-corrected chi connectivity index (χ4v) is 4.39. The van der Waals surface area contributed by atoms with E-state index in [-0.39, 0.29) is 12.5 Å². The zero-order valence-corrected chi connectivity index (χ0v) is 21.1. The van der Waals surface area contributed by atoms with Crippen molar-refractivity contribution in [1.29, 1.82) is 0 Å². The summed E-state index contributed by atoms with van der Waals surface area (Å²) in [6.07, 6.45) is 0.494. The summed E-state index contributed by atoms with van der Waals surface area (Å²) >= 11 is 0. The summed E-state index contributed by atoms with van der Waals surface area (Å²) in [6.45, 7) is 3.94. The van der Waals surface area contributed by atoms with Gasteiger partial charge in [-0.05, 0) is 61.2 Å². The van der Waals surface area contributed by atoms with Gasteiger partial charge in [0.15, 0.2) is 6.61 Å². The monoisotopic (exact) mass is 493 g/mol. The molecule has 188 valence electrons. The van der Waals surface area contributed by atoms with Gasteiger partial charge in [0.25, 0.3) is 0 Å². The number of aryl methyl sites for hydroxylation is 1. The van der Waals surface area contributed by atoms with E-state index in [1.165, 1.54) is 5.56 Å². The summed E-state index contributed by atoms with van der Waals surface area (Å²) in [5.74, 6) is -0.0414. The molecule has 0 heterocycles. The fraction of sp³-hybridized carbons (Fsp3) is 0.188. The molecule has 0 atom stereocenters. The lowest BCUT2D eigenvalue weighted by molar-refractivity contribution is -0.145. The van der Waals surface area contributed by atoms with E-state index in [0.29, 0.717) is 24.5 Å². The van der Waals surface area contributed by atoms with Crippen LogP contribution < -0.4 is 10.1 Å². The van der Waals surface area contributed by atoms with Crippen molar-refractivity contribution in [3.63, 3.8) is 0 Å². The Morgan fingerprint density at radius 3 is 1.86 bits per heavy atom. The van der Waals surface area contributed by atoms with Gasteiger partial charge in [0.2, 0.25) is 5.91 Å². The number of esters is 1. The van der Waals surface area contributed by atoms with Crippen LogP contribution in [0.3, 0.4) is 0 Å². The Kier molecular flexibility index (Phi) is 8.37. The van der Waals surface area contributed by atoms with Crippen LogP contribution in [0.5, 0.6) is 5.75 Å². The van der Waals surface area contributed by atoms with E-state index < -0.39 is 11.4 Å². The van der Waals surface area contributed by atoms with Crippen LogP contribution in [0.25, 0.3) is 0 Å². The minimum Gasteiger partial charge on any atom is -0.482 e. The van der Waals surface area contributed by atoms with Gasteiger partial charge in [-0.25, -0.2) is 4.79 Å². The van der Waals surface area contributed by atoms with Crippen molar-refractivity contribution >= 4 is 17.6 Å². The summed E-state index contributed by atoms with van der Waals surface area (Å²) in [4.78, 5) is 25.8. The van der Waals surface area contributed by atoms with E-state index in [0.717, 1.165) is 16.7 Å². The Morgan fingerprint density at radius 2 is 1.32 bits per heavy atom. The molecule has 0 bridgehead atoms. The molecule has 0 fully saturated rings. The Balaban J connectivity index is 1.68. The number of ether oxygens (including phenoxy) is 2. The van der Waals surface area contributed by atoms with Gasteiger partial charge in [-0.15, -0.1) is 0 Å². The van der Waals surface area contributed by atoms with Crippen molar-refractivity contribution in [2.75, 3.05) is 18.5 Å². The number of carbonyl (C=O) groups excluding carboxylic acids is 2. The lowest BCUT2D eigenvalue weighted by atomic mass is 9.69. The highest BCUT2D eigenvalue weighted by molar-refractivity contribution is 6.02. The van der Waals surface area contributed by atoms with Gasteiger partial charge in [0, 0.05) is 5.69 Å². The predicted molar refractivity (Wildman–Crippen MR) is 146 cm³/mol. The summed E-state index contributed by atoms with van der Waals surface area (Å²) in [7, 11) is 0. The summed E-state index contributed by atoms with van der Waals surface area (Å²) in [5.41, 5.74) is 3.73. The number of hydrogen-bond donors (Lipinski definition) is 1. The highest BCUT2D eigenvalue weighted by atomic mass is 16.6. The number of nitrogens with one attached hydrogen (secondary N) is 1. The Morgan fingerprint density at radius 1 is 0.757 bits per heavy atom. The van der Waals surface area contributed by atoms with Gasteiger partial charge >= 0.3 is 5.97 Å². The smallest absolute Gasteiger partial charge is 0.344 e. The molecule has 1 amide bonds. The molecule has 4 rings (SSSR count). The summed E-state index contributed by atoms with van der Waals surface area (Å²) in [5, 5.41) is 3.14. The van der Waals surface area contributed by atoms with Crippen LogP contribution in [-0.2, 0) is 26.2 Å². The molecule has 0 saturated heterocycles. The highest BCUT2D eigenvalue weighted by Crippen LogP contribution is 2.37. The predicted octanol–water partition coefficient (Wildman–Crippen LogP) is 6.10. The average molecular weight is 494 g/mol. The molecule has 0 aliphatic heterocycles. The molecule has 0 saturated carbocycles. The molecule has 4 aromatic rings. The number of rotatable bonds is 10. The zero-order valence-electron chi connectivity index (χ0n) is 21.1. The van der Waals surface area contributed by atoms with Crippen molar-refractivity contribution in [2.45, 2.75) is 25.7 Å². The first-order valence-electron chi connectivity index (χ1n) is 12.4. The number of anilines is 1. The van der Waals surface area contributed by atoms with Crippen LogP contribution in [-0.4, -0.2) is 25.1 Å². The molecule has 0 spiro atoms. The Labute approximate surface area is 218 Å². The molecule has 5 nitrogen and oxygen atoms in total. The average Bonchev–Trinajstić information content (AvgIpc) is 2.93. The second kappa shape index (κ2) is 12.0. The number of benzene rings is 4. The summed E-state index contributed by atoms with van der Waals surface area (Å²) < 4.78 is 10.4. The maximum absolute atomic E-state index is 14.3. The van der Waals surface area contributed by atoms with Crippen LogP contribution in [0.4, 0.5) is 5.69 Å². The molecule has 0 aliphatic carbocycles. The highest BCUT2D eigenvalue weighted by Gasteiger charge is 2.42. The van der Waals surface area contributed by atoms with Crippen LogP contribution in [0, 0.1) is 6.92 Å². The lowest BCUT2D eigenvalue weighted by Gasteiger charge is -2.34. The SMILES string of the molecule is CCOC(=O)COc1ccc(NC(=O)C(Cc2ccc(C)cc2)(c2ccccc2)c2ccccc2)cc1. The van der Waals surface area contributed by atoms with Crippen LogP contribution in [0.15, 0.2) is 109 Å². The van der Waals surface area contributed by atoms with E-state index in [1.807, 2.05) is 60.7 Å². The van der Waals surface area contributed by atoms with Gasteiger partial charge in [0.05, 0.1) is 6.61 Å². The topological polar surface area (TPSA) is 64.6 Å². The molecular weight excluding hydrogens is 462 g/mol. The van der Waals surface area contributed by atoms with Crippen molar-refractivity contribution in [2.24, 2.45) is 0 Å². The molecule has 1 N–H and O–H groups in total. The third kappa shape index (κ3) is 6.25. The van der Waals surface area contributed by atoms with Gasteiger partial charge in [-0.3, -0.25) is 4.79 Å². The van der Waals surface area contributed by atoms with Gasteiger partial charge in [-0.2, -0.15) is 0 Å². The fourth-order valence-electron chi connectivity index (χ4n) is 4.39. The van der Waals surface area contributed by atoms with E-state index >= 15 is 0 Å². The first-order valence-corrected chi connectivity index (χ1v) is 12.4. The number of carbonyl (C=O) groups is 2. The van der Waals surface area contributed by atoms with E-state index in [9.17, 15) is 9.59 Å².